The second-order valence-electron chi connectivity index (χ2n) is 3.96. The van der Waals surface area contributed by atoms with Crippen molar-refractivity contribution < 1.29 is 14.6 Å². The van der Waals surface area contributed by atoms with Crippen LogP contribution in [0.3, 0.4) is 0 Å². The Bertz CT molecular complexity index is 659. The molecule has 104 valence electrons. The monoisotopic (exact) mass is 399 g/mol. The number of carbonyl (C=O) groups is 1. The first-order valence-corrected chi connectivity index (χ1v) is 7.23. The van der Waals surface area contributed by atoms with Crippen LogP contribution in [0.4, 0.5) is 5.69 Å². The summed E-state index contributed by atoms with van der Waals surface area (Å²) in [6, 6.07) is 9.87. The molecule has 0 bridgehead atoms. The van der Waals surface area contributed by atoms with Crippen molar-refractivity contribution in [3.8, 4) is 11.5 Å². The second-order valence-corrected chi connectivity index (χ2v) is 5.73. The fourth-order valence-corrected chi connectivity index (χ4v) is 2.75. The summed E-state index contributed by atoms with van der Waals surface area (Å²) >= 11 is 6.70. The summed E-state index contributed by atoms with van der Waals surface area (Å²) in [5.41, 5.74) is 0.764. The van der Waals surface area contributed by atoms with Gasteiger partial charge < -0.3 is 15.2 Å². The number of rotatable bonds is 3. The number of halogens is 2. The van der Waals surface area contributed by atoms with Crippen LogP contribution in [0.15, 0.2) is 45.3 Å². The number of phenols is 1. The lowest BCUT2D eigenvalue weighted by Crippen LogP contribution is -2.12. The van der Waals surface area contributed by atoms with Crippen molar-refractivity contribution in [2.24, 2.45) is 0 Å². The summed E-state index contributed by atoms with van der Waals surface area (Å²) in [5, 5.41) is 12.5. The van der Waals surface area contributed by atoms with E-state index in [2.05, 4.69) is 37.2 Å². The molecule has 0 radical (unpaired) electrons. The number of benzene rings is 2. The first-order chi connectivity index (χ1) is 9.51. The van der Waals surface area contributed by atoms with Crippen LogP contribution in [-0.2, 0) is 0 Å². The van der Waals surface area contributed by atoms with Gasteiger partial charge in [-0.2, -0.15) is 0 Å². The highest BCUT2D eigenvalue weighted by Gasteiger charge is 2.14. The third kappa shape index (κ3) is 3.32. The molecule has 0 spiro atoms. The second kappa shape index (κ2) is 6.28. The first-order valence-electron chi connectivity index (χ1n) is 5.64. The van der Waals surface area contributed by atoms with E-state index >= 15 is 0 Å². The van der Waals surface area contributed by atoms with Crippen molar-refractivity contribution in [3.63, 3.8) is 0 Å². The van der Waals surface area contributed by atoms with Gasteiger partial charge in [0.1, 0.15) is 11.5 Å². The third-order valence-corrected chi connectivity index (χ3v) is 3.78. The molecule has 6 heteroatoms. The van der Waals surface area contributed by atoms with Gasteiger partial charge in [0.15, 0.2) is 0 Å². The van der Waals surface area contributed by atoms with Crippen LogP contribution < -0.4 is 10.1 Å². The maximum atomic E-state index is 12.2. The Kier molecular flexibility index (Phi) is 4.67. The number of carbonyl (C=O) groups excluding carboxylic acids is 1. The Hall–Kier alpha value is -1.53. The fraction of sp³-hybridized carbons (Fsp3) is 0.0714. The molecule has 2 N–H and O–H groups in total. The molecule has 20 heavy (non-hydrogen) atoms. The highest BCUT2D eigenvalue weighted by Crippen LogP contribution is 2.28. The molecule has 0 heterocycles. The summed E-state index contributed by atoms with van der Waals surface area (Å²) in [6.07, 6.45) is 0. The first kappa shape index (κ1) is 14.9. The lowest BCUT2D eigenvalue weighted by molar-refractivity contribution is 0.102. The predicted molar refractivity (Wildman–Crippen MR) is 84.5 cm³/mol. The van der Waals surface area contributed by atoms with Gasteiger partial charge in [0.05, 0.1) is 18.4 Å². The molecule has 2 aromatic rings. The molecule has 0 saturated carbocycles. The van der Waals surface area contributed by atoms with E-state index in [0.717, 1.165) is 8.95 Å². The summed E-state index contributed by atoms with van der Waals surface area (Å²) in [5.74, 6) is -0.0104. The molecule has 0 aromatic heterocycles. The zero-order valence-corrected chi connectivity index (χ0v) is 13.7. The van der Waals surface area contributed by atoms with Gasteiger partial charge in [-0.3, -0.25) is 4.79 Å². The van der Waals surface area contributed by atoms with E-state index in [1.54, 1.807) is 12.1 Å². The molecule has 2 rings (SSSR count). The van der Waals surface area contributed by atoms with Gasteiger partial charge in [0.2, 0.25) is 0 Å². The predicted octanol–water partition coefficient (Wildman–Crippen LogP) is 4.18. The van der Waals surface area contributed by atoms with Crippen molar-refractivity contribution in [1.29, 1.82) is 0 Å². The quantitative estimate of drug-likeness (QED) is 0.812. The van der Waals surface area contributed by atoms with Crippen molar-refractivity contribution >= 4 is 43.5 Å². The van der Waals surface area contributed by atoms with Crippen LogP contribution in [0.1, 0.15) is 10.4 Å². The maximum absolute atomic E-state index is 12.2. The lowest BCUT2D eigenvalue weighted by atomic mass is 10.1. The molecule has 0 aliphatic carbocycles. The number of amides is 1. The topological polar surface area (TPSA) is 58.6 Å². The summed E-state index contributed by atoms with van der Waals surface area (Å²) in [4.78, 5) is 12.2. The number of anilines is 1. The number of ether oxygens (including phenoxy) is 1. The molecular weight excluding hydrogens is 390 g/mol. The molecule has 1 amide bonds. The zero-order chi connectivity index (χ0) is 14.7. The van der Waals surface area contributed by atoms with E-state index in [1.807, 2.05) is 12.1 Å². The van der Waals surface area contributed by atoms with Gasteiger partial charge in [-0.05, 0) is 52.3 Å². The van der Waals surface area contributed by atoms with Gasteiger partial charge in [-0.1, -0.05) is 15.9 Å². The van der Waals surface area contributed by atoms with Crippen molar-refractivity contribution in [2.75, 3.05) is 12.4 Å². The van der Waals surface area contributed by atoms with Crippen LogP contribution in [0, 0.1) is 0 Å². The van der Waals surface area contributed by atoms with Crippen molar-refractivity contribution in [2.45, 2.75) is 0 Å². The average molecular weight is 401 g/mol. The molecule has 0 aliphatic heterocycles. The van der Waals surface area contributed by atoms with Gasteiger partial charge >= 0.3 is 0 Å². The number of aromatic hydroxyl groups is 1. The number of hydrogen-bond acceptors (Lipinski definition) is 3. The van der Waals surface area contributed by atoms with Gasteiger partial charge in [-0.25, -0.2) is 0 Å². The molecule has 2 aromatic carbocycles. The molecular formula is C14H11Br2NO3. The van der Waals surface area contributed by atoms with Crippen LogP contribution in [-0.4, -0.2) is 18.1 Å². The highest BCUT2D eigenvalue weighted by molar-refractivity contribution is 9.11. The van der Waals surface area contributed by atoms with Crippen molar-refractivity contribution in [1.82, 2.24) is 0 Å². The van der Waals surface area contributed by atoms with Gasteiger partial charge in [0.25, 0.3) is 5.91 Å². The van der Waals surface area contributed by atoms with E-state index in [4.69, 9.17) is 4.74 Å². The molecule has 0 unspecified atom stereocenters. The van der Waals surface area contributed by atoms with Gasteiger partial charge in [-0.15, -0.1) is 0 Å². The normalized spacial score (nSPS) is 10.2. The van der Waals surface area contributed by atoms with Crippen LogP contribution in [0.2, 0.25) is 0 Å². The number of hydrogen-bond donors (Lipinski definition) is 2. The molecule has 4 nitrogen and oxygen atoms in total. The summed E-state index contributed by atoms with van der Waals surface area (Å²) in [6.45, 7) is 0. The minimum Gasteiger partial charge on any atom is -0.507 e. The Balaban J connectivity index is 2.28. The Morgan fingerprint density at radius 3 is 2.60 bits per heavy atom. The Labute approximate surface area is 133 Å². The summed E-state index contributed by atoms with van der Waals surface area (Å²) in [7, 11) is 1.50. The van der Waals surface area contributed by atoms with E-state index < -0.39 is 5.91 Å². The fourth-order valence-electron chi connectivity index (χ4n) is 1.60. The minimum atomic E-state index is -0.413. The van der Waals surface area contributed by atoms with Crippen LogP contribution in [0.25, 0.3) is 0 Å². The van der Waals surface area contributed by atoms with E-state index in [9.17, 15) is 9.90 Å². The number of nitrogens with one attached hydrogen (secondary N) is 1. The van der Waals surface area contributed by atoms with E-state index in [0.29, 0.717) is 11.4 Å². The van der Waals surface area contributed by atoms with Crippen LogP contribution >= 0.6 is 31.9 Å². The average Bonchev–Trinajstić information content (AvgIpc) is 2.42. The summed E-state index contributed by atoms with van der Waals surface area (Å²) < 4.78 is 6.68. The Morgan fingerprint density at radius 1 is 1.20 bits per heavy atom. The molecule has 0 fully saturated rings. The largest absolute Gasteiger partial charge is 0.507 e. The van der Waals surface area contributed by atoms with Crippen molar-refractivity contribution in [3.05, 3.63) is 50.9 Å². The highest BCUT2D eigenvalue weighted by atomic mass is 79.9. The third-order valence-electron chi connectivity index (χ3n) is 2.63. The van der Waals surface area contributed by atoms with Gasteiger partial charge in [0, 0.05) is 8.95 Å². The molecule has 0 aliphatic rings. The standard InChI is InChI=1S/C14H11Br2NO3/c1-20-9-3-5-13(18)10(7-9)14(19)17-12-4-2-8(15)6-11(12)16/h2-7,18H,1H3,(H,17,19). The SMILES string of the molecule is COc1ccc(O)c(C(=O)Nc2ccc(Br)cc2Br)c1. The Morgan fingerprint density at radius 2 is 1.95 bits per heavy atom. The smallest absolute Gasteiger partial charge is 0.259 e. The number of phenolic OH excluding ortho intramolecular Hbond substituents is 1. The van der Waals surface area contributed by atoms with E-state index in [-0.39, 0.29) is 11.3 Å². The molecule has 0 atom stereocenters. The van der Waals surface area contributed by atoms with Crippen LogP contribution in [0.5, 0.6) is 11.5 Å². The molecule has 0 saturated heterocycles. The maximum Gasteiger partial charge on any atom is 0.259 e. The number of methoxy groups -OCH3 is 1. The van der Waals surface area contributed by atoms with E-state index in [1.165, 1.54) is 19.2 Å². The lowest BCUT2D eigenvalue weighted by Gasteiger charge is -2.10. The minimum absolute atomic E-state index is 0.100. The zero-order valence-electron chi connectivity index (χ0n) is 10.5.